The van der Waals surface area contributed by atoms with Gasteiger partial charge < -0.3 is 35.5 Å². The quantitative estimate of drug-likeness (QED) is 0.0644. The topological polar surface area (TPSA) is 222 Å². The Bertz CT molecular complexity index is 2220. The van der Waals surface area contributed by atoms with Gasteiger partial charge in [0.1, 0.15) is 18.7 Å². The summed E-state index contributed by atoms with van der Waals surface area (Å²) in [4.78, 5) is 89.9. The molecule has 5 N–H and O–H groups in total. The summed E-state index contributed by atoms with van der Waals surface area (Å²) in [7, 11) is 1.68. The summed E-state index contributed by atoms with van der Waals surface area (Å²) in [5.74, 6) is -1.01. The molecule has 1 saturated carbocycles. The zero-order valence-corrected chi connectivity index (χ0v) is 38.9. The molecule has 66 heavy (non-hydrogen) atoms. The predicted molar refractivity (Wildman–Crippen MR) is 247 cm³/mol. The van der Waals surface area contributed by atoms with Crippen LogP contribution in [0, 0.1) is 11.8 Å². The number of benzene rings is 2. The van der Waals surface area contributed by atoms with Crippen LogP contribution in [0.25, 0.3) is 11.0 Å². The first-order valence-corrected chi connectivity index (χ1v) is 23.9. The number of carbonyl (C=O) groups excluding carboxylic acids is 6. The number of unbranched alkanes of at least 4 members (excludes halogenated alkanes) is 2. The zero-order valence-electron chi connectivity index (χ0n) is 38.9. The Labute approximate surface area is 386 Å². The van der Waals surface area contributed by atoms with Gasteiger partial charge in [0.15, 0.2) is 0 Å². The van der Waals surface area contributed by atoms with E-state index < -0.39 is 36.0 Å². The van der Waals surface area contributed by atoms with Crippen LogP contribution in [0.4, 0.5) is 0 Å². The molecule has 3 aromatic rings. The highest BCUT2D eigenvalue weighted by molar-refractivity contribution is 6.00. The monoisotopic (exact) mass is 916 g/mol. The molecule has 17 heteroatoms. The van der Waals surface area contributed by atoms with Crippen LogP contribution in [0.1, 0.15) is 114 Å². The van der Waals surface area contributed by atoms with Crippen molar-refractivity contribution < 1.29 is 43.0 Å². The number of nitrogens with two attached hydrogens (primary N) is 1. The Morgan fingerprint density at radius 1 is 0.864 bits per heavy atom. The summed E-state index contributed by atoms with van der Waals surface area (Å²) in [5.41, 5.74) is 9.68. The van der Waals surface area contributed by atoms with Gasteiger partial charge in [0.05, 0.1) is 43.0 Å². The second kappa shape index (κ2) is 24.4. The number of imide groups is 1. The third kappa shape index (κ3) is 13.4. The molecule has 0 radical (unpaired) electrons. The van der Waals surface area contributed by atoms with Crippen molar-refractivity contribution in [3.8, 4) is 0 Å². The molecule has 6 rings (SSSR count). The molecule has 1 aliphatic carbocycles. The zero-order chi connectivity index (χ0) is 47.2. The molecule has 3 fully saturated rings. The second-order valence-corrected chi connectivity index (χ2v) is 18.1. The molecule has 0 spiro atoms. The van der Waals surface area contributed by atoms with Crippen molar-refractivity contribution >= 4 is 46.5 Å². The molecule has 2 aliphatic heterocycles. The molecule has 2 aromatic carbocycles. The Kier molecular flexibility index (Phi) is 18.5. The van der Waals surface area contributed by atoms with E-state index in [1.54, 1.807) is 11.9 Å². The van der Waals surface area contributed by atoms with Crippen LogP contribution in [0.15, 0.2) is 47.3 Å². The normalized spacial score (nSPS) is 20.1. The number of aryl methyl sites for hydroxylation is 3. The number of imidazole rings is 1. The van der Waals surface area contributed by atoms with Gasteiger partial charge in [-0.3, -0.25) is 43.2 Å². The molecule has 6 atom stereocenters. The first-order valence-electron chi connectivity index (χ1n) is 23.9. The lowest BCUT2D eigenvalue weighted by Crippen LogP contribution is -2.54. The number of rotatable bonds is 27. The second-order valence-electron chi connectivity index (χ2n) is 18.1. The van der Waals surface area contributed by atoms with Crippen molar-refractivity contribution in [3.63, 3.8) is 0 Å². The predicted octanol–water partition coefficient (Wildman–Crippen LogP) is 3.51. The number of aromatic nitrogens is 2. The van der Waals surface area contributed by atoms with E-state index in [0.717, 1.165) is 80.0 Å². The number of hydrogen-bond acceptors (Lipinski definition) is 10. The Morgan fingerprint density at radius 2 is 1.61 bits per heavy atom. The van der Waals surface area contributed by atoms with Crippen LogP contribution in [-0.4, -0.2) is 107 Å². The Morgan fingerprint density at radius 3 is 2.33 bits per heavy atom. The number of nitrogens with one attached hydrogen (secondary N) is 3. The standard InChI is InChI=1S/C49H69N7O10/c1-4-5-6-11-45(60)55-29-36-17-18-37(36)46(55)48(62)52-38(19-22-42(50)57)32(2)66-30-35-14-12-33(13-15-35)9-7-24-51-44(59)31-65-27-26-64-25-8-10-34-16-20-39-41(28-34)54(3)49(63)56(39)40-21-23-43(58)53-47(40)61/h12-16,20,28,32,36-38,40,46H,4-11,17-19,21-27,29-31H2,1-3H3,(H2,50,57)(H,51,59)(H,52,62)(H,53,58,61)/t32-,36-,37-,38+,40?,46+/m1/s1. The molecule has 1 aromatic heterocycles. The van der Waals surface area contributed by atoms with Gasteiger partial charge in [-0.15, -0.1) is 0 Å². The maximum Gasteiger partial charge on any atom is 0.329 e. The third-order valence-electron chi connectivity index (χ3n) is 13.4. The molecular weight excluding hydrogens is 847 g/mol. The first-order chi connectivity index (χ1) is 31.8. The molecule has 6 amide bonds. The molecule has 17 nitrogen and oxygen atoms in total. The highest BCUT2D eigenvalue weighted by atomic mass is 16.5. The highest BCUT2D eigenvalue weighted by Gasteiger charge is 2.52. The molecule has 0 bridgehead atoms. The minimum Gasteiger partial charge on any atom is -0.379 e. The van der Waals surface area contributed by atoms with Gasteiger partial charge in [0.2, 0.25) is 35.4 Å². The van der Waals surface area contributed by atoms with E-state index in [9.17, 15) is 33.6 Å². The molecule has 1 unspecified atom stereocenters. The largest absolute Gasteiger partial charge is 0.379 e. The number of fused-ring (bicyclic) bond motifs is 2. The summed E-state index contributed by atoms with van der Waals surface area (Å²) < 4.78 is 20.4. The van der Waals surface area contributed by atoms with E-state index in [2.05, 4.69) is 22.9 Å². The minimum absolute atomic E-state index is 0.0475. The number of amides is 6. The fourth-order valence-electron chi connectivity index (χ4n) is 9.36. The van der Waals surface area contributed by atoms with Crippen molar-refractivity contribution in [1.82, 2.24) is 30.0 Å². The van der Waals surface area contributed by atoms with E-state index in [-0.39, 0.29) is 67.7 Å². The summed E-state index contributed by atoms with van der Waals surface area (Å²) >= 11 is 0. The molecule has 360 valence electrons. The van der Waals surface area contributed by atoms with Crippen LogP contribution >= 0.6 is 0 Å². The number of piperidine rings is 1. The van der Waals surface area contributed by atoms with E-state index in [0.29, 0.717) is 57.2 Å². The number of likely N-dealkylation sites (tertiary alicyclic amines) is 1. The Hall–Kier alpha value is -5.39. The molecule has 3 heterocycles. The lowest BCUT2D eigenvalue weighted by atomic mass is 9.73. The van der Waals surface area contributed by atoms with Gasteiger partial charge in [-0.05, 0) is 105 Å². The van der Waals surface area contributed by atoms with Crippen LogP contribution in [0.5, 0.6) is 0 Å². The van der Waals surface area contributed by atoms with Gasteiger partial charge in [-0.2, -0.15) is 0 Å². The van der Waals surface area contributed by atoms with Gasteiger partial charge >= 0.3 is 5.69 Å². The summed E-state index contributed by atoms with van der Waals surface area (Å²) in [6.07, 6.45) is 8.78. The molecule has 2 saturated heterocycles. The lowest BCUT2D eigenvalue weighted by molar-refractivity contribution is -0.140. The molecule has 3 aliphatic rings. The van der Waals surface area contributed by atoms with Crippen LogP contribution < -0.4 is 27.4 Å². The number of primary amides is 1. The highest BCUT2D eigenvalue weighted by Crippen LogP contribution is 2.45. The van der Waals surface area contributed by atoms with Crippen molar-refractivity contribution in [1.29, 1.82) is 0 Å². The van der Waals surface area contributed by atoms with E-state index in [1.165, 1.54) is 9.13 Å². The lowest BCUT2D eigenvalue weighted by Gasteiger charge is -2.34. The van der Waals surface area contributed by atoms with E-state index in [1.807, 2.05) is 49.4 Å². The summed E-state index contributed by atoms with van der Waals surface area (Å²) in [5, 5.41) is 8.37. The fraction of sp³-hybridized carbons (Fsp3) is 0.612. The van der Waals surface area contributed by atoms with Crippen molar-refractivity contribution in [2.24, 2.45) is 24.6 Å². The fourth-order valence-corrected chi connectivity index (χ4v) is 9.36. The summed E-state index contributed by atoms with van der Waals surface area (Å²) in [6, 6.07) is 12.1. The van der Waals surface area contributed by atoms with Crippen LogP contribution in [-0.2, 0) is 69.5 Å². The average molecular weight is 916 g/mol. The number of hydrogen-bond donors (Lipinski definition) is 4. The van der Waals surface area contributed by atoms with Crippen LogP contribution in [0.3, 0.4) is 0 Å². The number of nitrogens with zero attached hydrogens (tertiary/aromatic N) is 3. The number of carbonyl (C=O) groups is 6. The van der Waals surface area contributed by atoms with Crippen LogP contribution in [0.2, 0.25) is 0 Å². The van der Waals surface area contributed by atoms with E-state index >= 15 is 0 Å². The Balaban J connectivity index is 0.828. The minimum atomic E-state index is -0.718. The third-order valence-corrected chi connectivity index (χ3v) is 13.4. The van der Waals surface area contributed by atoms with Gasteiger partial charge in [-0.25, -0.2) is 4.79 Å². The SMILES string of the molecule is CCCCCC(=O)N1C[C@H]2CC[C@H]2[C@H]1C(=O)N[C@@H](CCC(N)=O)[C@@H](C)OCc1ccc(CCCNC(=O)COCCOCCCc2ccc3c(c2)n(C)c(=O)n3C2CCC(=O)NC2=O)cc1. The van der Waals surface area contributed by atoms with E-state index in [4.69, 9.17) is 19.9 Å². The summed E-state index contributed by atoms with van der Waals surface area (Å²) in [6.45, 7) is 6.53. The maximum atomic E-state index is 13.8. The first kappa shape index (κ1) is 50.0. The number of ether oxygens (including phenoxy) is 3. The van der Waals surface area contributed by atoms with Gasteiger partial charge in [-0.1, -0.05) is 50.1 Å². The smallest absolute Gasteiger partial charge is 0.329 e. The van der Waals surface area contributed by atoms with Crippen molar-refractivity contribution in [2.75, 3.05) is 39.5 Å². The van der Waals surface area contributed by atoms with Crippen molar-refractivity contribution in [2.45, 2.75) is 135 Å². The van der Waals surface area contributed by atoms with Gasteiger partial charge in [0, 0.05) is 46.0 Å². The van der Waals surface area contributed by atoms with Gasteiger partial charge in [0.25, 0.3) is 0 Å². The average Bonchev–Trinajstić information content (AvgIpc) is 3.70. The van der Waals surface area contributed by atoms with Crippen molar-refractivity contribution in [3.05, 3.63) is 69.6 Å². The maximum absolute atomic E-state index is 13.8. The molecular formula is C49H69N7O10.